The average Bonchev–Trinajstić information content (AvgIpc) is 2.96. The fourth-order valence-corrected chi connectivity index (χ4v) is 2.98. The summed E-state index contributed by atoms with van der Waals surface area (Å²) < 4.78 is 0. The number of nitrogens with zero attached hydrogens (tertiary/aromatic N) is 1. The van der Waals surface area contributed by atoms with Gasteiger partial charge in [0.15, 0.2) is 0 Å². The smallest absolute Gasteiger partial charge is 0.251 e. The number of benzene rings is 1. The van der Waals surface area contributed by atoms with E-state index in [-0.39, 0.29) is 18.4 Å². The largest absolute Gasteiger partial charge is 0.343 e. The first kappa shape index (κ1) is 16.2. The van der Waals surface area contributed by atoms with E-state index in [0.29, 0.717) is 12.1 Å². The summed E-state index contributed by atoms with van der Waals surface area (Å²) in [6.45, 7) is 4.47. The summed E-state index contributed by atoms with van der Waals surface area (Å²) in [7, 11) is 1.74. The Morgan fingerprint density at radius 1 is 1.18 bits per heavy atom. The normalized spacial score (nSPS) is 10.3. The van der Waals surface area contributed by atoms with E-state index in [2.05, 4.69) is 5.32 Å². The van der Waals surface area contributed by atoms with Gasteiger partial charge in [-0.25, -0.2) is 0 Å². The van der Waals surface area contributed by atoms with Crippen molar-refractivity contribution in [3.63, 3.8) is 0 Å². The van der Waals surface area contributed by atoms with Gasteiger partial charge in [0.05, 0.1) is 13.1 Å². The minimum absolute atomic E-state index is 0.00764. The van der Waals surface area contributed by atoms with Gasteiger partial charge in [0.1, 0.15) is 0 Å². The van der Waals surface area contributed by atoms with Crippen LogP contribution < -0.4 is 5.32 Å². The molecule has 22 heavy (non-hydrogen) atoms. The van der Waals surface area contributed by atoms with Crippen LogP contribution in [0.1, 0.15) is 26.4 Å². The van der Waals surface area contributed by atoms with E-state index in [4.69, 9.17) is 0 Å². The summed E-state index contributed by atoms with van der Waals surface area (Å²) in [6.07, 6.45) is 0. The van der Waals surface area contributed by atoms with Gasteiger partial charge in [-0.05, 0) is 37.4 Å². The molecule has 0 fully saturated rings. The van der Waals surface area contributed by atoms with E-state index in [1.807, 2.05) is 49.6 Å². The minimum atomic E-state index is -0.218. The fourth-order valence-electron chi connectivity index (χ4n) is 2.22. The van der Waals surface area contributed by atoms with Crippen molar-refractivity contribution in [1.82, 2.24) is 10.2 Å². The Hall–Kier alpha value is -2.14. The molecule has 116 valence electrons. The van der Waals surface area contributed by atoms with Gasteiger partial charge in [0, 0.05) is 17.5 Å². The second-order valence-electron chi connectivity index (χ2n) is 5.39. The van der Waals surface area contributed by atoms with Crippen molar-refractivity contribution in [1.29, 1.82) is 0 Å². The summed E-state index contributed by atoms with van der Waals surface area (Å²) >= 11 is 1.61. The molecule has 0 aliphatic rings. The zero-order chi connectivity index (χ0) is 16.1. The number of thiophene rings is 1. The number of carbonyl (C=O) groups is 2. The van der Waals surface area contributed by atoms with Crippen molar-refractivity contribution >= 4 is 23.2 Å². The molecule has 1 heterocycles. The van der Waals surface area contributed by atoms with Crippen LogP contribution in [0.15, 0.2) is 35.7 Å². The van der Waals surface area contributed by atoms with E-state index >= 15 is 0 Å². The van der Waals surface area contributed by atoms with Crippen LogP contribution >= 0.6 is 11.3 Å². The maximum Gasteiger partial charge on any atom is 0.251 e. The van der Waals surface area contributed by atoms with E-state index in [1.165, 1.54) is 0 Å². The number of carbonyl (C=O) groups excluding carboxylic acids is 2. The molecule has 0 bridgehead atoms. The van der Waals surface area contributed by atoms with Crippen molar-refractivity contribution in [3.05, 3.63) is 57.3 Å². The molecule has 0 atom stereocenters. The zero-order valence-electron chi connectivity index (χ0n) is 13.1. The van der Waals surface area contributed by atoms with Crippen LogP contribution in [0.4, 0.5) is 0 Å². The maximum atomic E-state index is 12.1. The SMILES string of the molecule is Cc1cc(C)cc(C(=O)NCC(=O)N(C)Cc2cccs2)c1. The van der Waals surface area contributed by atoms with Gasteiger partial charge < -0.3 is 10.2 Å². The predicted octanol–water partition coefficient (Wildman–Crippen LogP) is 2.75. The number of hydrogen-bond acceptors (Lipinski definition) is 3. The molecule has 4 nitrogen and oxygen atoms in total. The van der Waals surface area contributed by atoms with E-state index < -0.39 is 0 Å². The molecule has 1 aromatic carbocycles. The average molecular weight is 316 g/mol. The molecular weight excluding hydrogens is 296 g/mol. The van der Waals surface area contributed by atoms with Crippen LogP contribution in [0.5, 0.6) is 0 Å². The number of rotatable bonds is 5. The van der Waals surface area contributed by atoms with Gasteiger partial charge in [0.2, 0.25) is 5.91 Å². The highest BCUT2D eigenvalue weighted by Gasteiger charge is 2.12. The molecule has 0 saturated heterocycles. The maximum absolute atomic E-state index is 12.1. The monoisotopic (exact) mass is 316 g/mol. The third kappa shape index (κ3) is 4.43. The lowest BCUT2D eigenvalue weighted by Gasteiger charge is -2.16. The molecule has 1 aromatic heterocycles. The quantitative estimate of drug-likeness (QED) is 0.922. The molecule has 0 unspecified atom stereocenters. The Balaban J connectivity index is 1.88. The first-order chi connectivity index (χ1) is 10.5. The fraction of sp³-hybridized carbons (Fsp3) is 0.294. The van der Waals surface area contributed by atoms with Crippen LogP contribution in [-0.4, -0.2) is 30.3 Å². The van der Waals surface area contributed by atoms with Gasteiger partial charge in [0.25, 0.3) is 5.91 Å². The Bertz CT molecular complexity index is 645. The summed E-state index contributed by atoms with van der Waals surface area (Å²) in [6, 6.07) is 9.60. The molecule has 2 amide bonds. The first-order valence-electron chi connectivity index (χ1n) is 7.08. The second-order valence-corrected chi connectivity index (χ2v) is 6.42. The lowest BCUT2D eigenvalue weighted by atomic mass is 10.1. The molecule has 0 aliphatic heterocycles. The third-order valence-electron chi connectivity index (χ3n) is 3.28. The van der Waals surface area contributed by atoms with Crippen molar-refractivity contribution < 1.29 is 9.59 Å². The Labute approximate surface area is 134 Å². The van der Waals surface area contributed by atoms with Crippen molar-refractivity contribution in [2.45, 2.75) is 20.4 Å². The highest BCUT2D eigenvalue weighted by Crippen LogP contribution is 2.11. The van der Waals surface area contributed by atoms with E-state index in [9.17, 15) is 9.59 Å². The Morgan fingerprint density at radius 2 is 1.86 bits per heavy atom. The summed E-state index contributed by atoms with van der Waals surface area (Å²) in [5, 5.41) is 4.67. The van der Waals surface area contributed by atoms with Gasteiger partial charge >= 0.3 is 0 Å². The lowest BCUT2D eigenvalue weighted by Crippen LogP contribution is -2.37. The Kier molecular flexibility index (Phi) is 5.33. The highest BCUT2D eigenvalue weighted by molar-refractivity contribution is 7.09. The van der Waals surface area contributed by atoms with Gasteiger partial charge in [-0.15, -0.1) is 11.3 Å². The van der Waals surface area contributed by atoms with Crippen LogP contribution in [0.2, 0.25) is 0 Å². The van der Waals surface area contributed by atoms with Crippen molar-refractivity contribution in [3.8, 4) is 0 Å². The standard InChI is InChI=1S/C17H20N2O2S/c1-12-7-13(2)9-14(8-12)17(21)18-10-16(20)19(3)11-15-5-4-6-22-15/h4-9H,10-11H2,1-3H3,(H,18,21). The molecule has 0 radical (unpaired) electrons. The molecule has 2 aromatic rings. The topological polar surface area (TPSA) is 49.4 Å². The van der Waals surface area contributed by atoms with Crippen LogP contribution in [0.3, 0.4) is 0 Å². The predicted molar refractivity (Wildman–Crippen MR) is 89.0 cm³/mol. The van der Waals surface area contributed by atoms with Crippen molar-refractivity contribution in [2.24, 2.45) is 0 Å². The number of amides is 2. The molecule has 1 N–H and O–H groups in total. The number of likely N-dealkylation sites (N-methyl/N-ethyl adjacent to an activating group) is 1. The number of nitrogens with one attached hydrogen (secondary N) is 1. The molecule has 5 heteroatoms. The zero-order valence-corrected chi connectivity index (χ0v) is 13.9. The van der Waals surface area contributed by atoms with E-state index in [1.54, 1.807) is 23.3 Å². The van der Waals surface area contributed by atoms with Gasteiger partial charge in [-0.3, -0.25) is 9.59 Å². The molecule has 0 spiro atoms. The lowest BCUT2D eigenvalue weighted by molar-refractivity contribution is -0.129. The van der Waals surface area contributed by atoms with Gasteiger partial charge in [-0.2, -0.15) is 0 Å². The molecule has 0 aliphatic carbocycles. The van der Waals surface area contributed by atoms with Gasteiger partial charge in [-0.1, -0.05) is 23.3 Å². The highest BCUT2D eigenvalue weighted by atomic mass is 32.1. The first-order valence-corrected chi connectivity index (χ1v) is 7.96. The van der Waals surface area contributed by atoms with Crippen LogP contribution in [0, 0.1) is 13.8 Å². The number of aryl methyl sites for hydroxylation is 2. The molecular formula is C17H20N2O2S. The summed E-state index contributed by atoms with van der Waals surface area (Å²) in [4.78, 5) is 26.9. The van der Waals surface area contributed by atoms with Crippen LogP contribution in [0.25, 0.3) is 0 Å². The van der Waals surface area contributed by atoms with E-state index in [0.717, 1.165) is 16.0 Å². The second kappa shape index (κ2) is 7.22. The molecule has 2 rings (SSSR count). The summed E-state index contributed by atoms with van der Waals surface area (Å²) in [5.41, 5.74) is 2.66. The number of hydrogen-bond donors (Lipinski definition) is 1. The minimum Gasteiger partial charge on any atom is -0.343 e. The summed E-state index contributed by atoms with van der Waals surface area (Å²) in [5.74, 6) is -0.323. The van der Waals surface area contributed by atoms with Crippen molar-refractivity contribution in [2.75, 3.05) is 13.6 Å². The molecule has 0 saturated carbocycles. The van der Waals surface area contributed by atoms with Crippen LogP contribution in [-0.2, 0) is 11.3 Å². The Morgan fingerprint density at radius 3 is 2.45 bits per heavy atom. The third-order valence-corrected chi connectivity index (χ3v) is 4.14.